The van der Waals surface area contributed by atoms with Crippen molar-refractivity contribution >= 4 is 12.6 Å². The number of thiol groups is 1. The van der Waals surface area contributed by atoms with E-state index >= 15 is 0 Å². The van der Waals surface area contributed by atoms with Crippen LogP contribution < -0.4 is 11.6 Å². The SMILES string of the molecule is NCCS.NN=O. The zero-order chi connectivity index (χ0) is 6.12. The van der Waals surface area contributed by atoms with Crippen molar-refractivity contribution in [1.82, 2.24) is 0 Å². The molecule has 0 amide bonds. The van der Waals surface area contributed by atoms with E-state index < -0.39 is 0 Å². The summed E-state index contributed by atoms with van der Waals surface area (Å²) in [7, 11) is 0. The zero-order valence-corrected chi connectivity index (χ0v) is 4.77. The molecule has 0 saturated carbocycles. The molecular weight excluding hydrogens is 114 g/mol. The van der Waals surface area contributed by atoms with Gasteiger partial charge in [-0.2, -0.15) is 12.6 Å². The highest BCUT2D eigenvalue weighted by molar-refractivity contribution is 7.80. The summed E-state index contributed by atoms with van der Waals surface area (Å²) in [6.07, 6.45) is 0. The maximum Gasteiger partial charge on any atom is 0.0468 e. The molecule has 0 radical (unpaired) electrons. The quantitative estimate of drug-likeness (QED) is 0.190. The van der Waals surface area contributed by atoms with Crippen LogP contribution in [0.2, 0.25) is 0 Å². The molecule has 44 valence electrons. The lowest BCUT2D eigenvalue weighted by Crippen LogP contribution is -1.97. The third kappa shape index (κ3) is 156. The van der Waals surface area contributed by atoms with Gasteiger partial charge >= 0.3 is 0 Å². The molecule has 0 aromatic rings. The lowest BCUT2D eigenvalue weighted by Gasteiger charge is -1.69. The highest BCUT2D eigenvalue weighted by atomic mass is 32.1. The van der Waals surface area contributed by atoms with E-state index in [0.29, 0.717) is 6.54 Å². The highest BCUT2D eigenvalue weighted by Gasteiger charge is 1.56. The molecule has 0 unspecified atom stereocenters. The fourth-order valence-corrected chi connectivity index (χ4v) is 0. The number of nitrogens with two attached hydrogens (primary N) is 2. The van der Waals surface area contributed by atoms with Crippen LogP contribution in [-0.4, -0.2) is 12.3 Å². The van der Waals surface area contributed by atoms with Gasteiger partial charge in [0.2, 0.25) is 0 Å². The standard InChI is InChI=1S/C2H7NS.H2N2O/c3-1-2-4;1-2-3/h4H,1-3H2;(H2,1,3). The summed E-state index contributed by atoms with van der Waals surface area (Å²) in [5, 5.41) is 1.75. The molecule has 0 aliphatic rings. The van der Waals surface area contributed by atoms with Crippen LogP contribution in [0.5, 0.6) is 0 Å². The van der Waals surface area contributed by atoms with Crippen LogP contribution in [0.4, 0.5) is 0 Å². The minimum atomic E-state index is 0.684. The first kappa shape index (κ1) is 9.86. The van der Waals surface area contributed by atoms with E-state index in [1.54, 1.807) is 5.29 Å². The van der Waals surface area contributed by atoms with Crippen LogP contribution in [-0.2, 0) is 0 Å². The Kier molecular flexibility index (Phi) is 24.3. The first-order valence-corrected chi connectivity index (χ1v) is 2.30. The monoisotopic (exact) mass is 123 g/mol. The van der Waals surface area contributed by atoms with Crippen molar-refractivity contribution in [3.63, 3.8) is 0 Å². The average molecular weight is 123 g/mol. The van der Waals surface area contributed by atoms with Crippen molar-refractivity contribution in [2.75, 3.05) is 12.3 Å². The predicted octanol–water partition coefficient (Wildman–Crippen LogP) is -0.499. The van der Waals surface area contributed by atoms with Crippen molar-refractivity contribution in [3.8, 4) is 0 Å². The molecule has 0 aliphatic carbocycles. The Morgan fingerprint density at radius 3 is 1.86 bits per heavy atom. The second-order valence-corrected chi connectivity index (χ2v) is 1.06. The molecular formula is C2H9N3OS. The Balaban J connectivity index is 0. The van der Waals surface area contributed by atoms with E-state index in [0.717, 1.165) is 5.75 Å². The van der Waals surface area contributed by atoms with Crippen LogP contribution in [0.1, 0.15) is 0 Å². The average Bonchev–Trinajstić information content (AvgIpc) is 1.69. The Hall–Kier alpha value is -0.290. The number of nitroso groups, excluding NO2 is 1. The summed E-state index contributed by atoms with van der Waals surface area (Å²) in [5.74, 6) is 4.71. The lowest BCUT2D eigenvalue weighted by molar-refractivity contribution is 1.16. The Morgan fingerprint density at radius 2 is 1.86 bits per heavy atom. The van der Waals surface area contributed by atoms with E-state index in [4.69, 9.17) is 10.6 Å². The van der Waals surface area contributed by atoms with E-state index in [1.807, 2.05) is 0 Å². The van der Waals surface area contributed by atoms with Gasteiger partial charge in [-0.25, -0.2) is 0 Å². The summed E-state index contributed by atoms with van der Waals surface area (Å²) in [5.41, 5.74) is 4.95. The largest absolute Gasteiger partial charge is 0.330 e. The summed E-state index contributed by atoms with van der Waals surface area (Å²) in [6, 6.07) is 0. The first-order valence-electron chi connectivity index (χ1n) is 1.67. The summed E-state index contributed by atoms with van der Waals surface area (Å²) >= 11 is 3.80. The van der Waals surface area contributed by atoms with Gasteiger partial charge < -0.3 is 5.73 Å². The topological polar surface area (TPSA) is 81.5 Å². The van der Waals surface area contributed by atoms with Gasteiger partial charge in [0.25, 0.3) is 0 Å². The second-order valence-electron chi connectivity index (χ2n) is 0.618. The first-order chi connectivity index (χ1) is 3.33. The maximum atomic E-state index is 8.33. The maximum absolute atomic E-state index is 8.33. The van der Waals surface area contributed by atoms with Crippen LogP contribution in [0.3, 0.4) is 0 Å². The smallest absolute Gasteiger partial charge is 0.0468 e. The molecule has 0 spiro atoms. The minimum Gasteiger partial charge on any atom is -0.330 e. The second kappa shape index (κ2) is 17.2. The molecule has 0 saturated heterocycles. The highest BCUT2D eigenvalue weighted by Crippen LogP contribution is 1.58. The summed E-state index contributed by atoms with van der Waals surface area (Å²) in [4.78, 5) is 8.33. The molecule has 0 aliphatic heterocycles. The molecule has 4 N–H and O–H groups in total. The normalized spacial score (nSPS) is 6.00. The third-order valence-corrected chi connectivity index (χ3v) is 0.387. The molecule has 0 heterocycles. The molecule has 0 aromatic heterocycles. The summed E-state index contributed by atoms with van der Waals surface area (Å²) in [6.45, 7) is 0.684. The van der Waals surface area contributed by atoms with Gasteiger partial charge in [0, 0.05) is 17.6 Å². The van der Waals surface area contributed by atoms with Gasteiger partial charge in [-0.3, -0.25) is 5.84 Å². The number of nitrogens with zero attached hydrogens (tertiary/aromatic N) is 1. The fraction of sp³-hybridized carbons (Fsp3) is 1.00. The van der Waals surface area contributed by atoms with E-state index in [2.05, 4.69) is 18.5 Å². The number of hydrogen-bond acceptors (Lipinski definition) is 4. The molecule has 0 fully saturated rings. The van der Waals surface area contributed by atoms with Crippen LogP contribution in [0, 0.1) is 4.91 Å². The van der Waals surface area contributed by atoms with Gasteiger partial charge in [0.05, 0.1) is 0 Å². The van der Waals surface area contributed by atoms with E-state index in [-0.39, 0.29) is 0 Å². The number of hydrogen-bond donors (Lipinski definition) is 3. The van der Waals surface area contributed by atoms with Crippen LogP contribution >= 0.6 is 12.6 Å². The van der Waals surface area contributed by atoms with Crippen molar-refractivity contribution in [2.45, 2.75) is 0 Å². The van der Waals surface area contributed by atoms with Crippen LogP contribution in [0.25, 0.3) is 0 Å². The van der Waals surface area contributed by atoms with Crippen molar-refractivity contribution in [1.29, 1.82) is 0 Å². The Morgan fingerprint density at radius 1 is 1.71 bits per heavy atom. The lowest BCUT2D eigenvalue weighted by atomic mass is 10.8. The summed E-state index contributed by atoms with van der Waals surface area (Å²) < 4.78 is 0. The third-order valence-electron chi connectivity index (χ3n) is 0.129. The minimum absolute atomic E-state index is 0.684. The Labute approximate surface area is 47.6 Å². The molecule has 5 heteroatoms. The van der Waals surface area contributed by atoms with Crippen LogP contribution in [0.15, 0.2) is 5.29 Å². The van der Waals surface area contributed by atoms with E-state index in [1.165, 1.54) is 0 Å². The molecule has 0 atom stereocenters. The number of rotatable bonds is 1. The van der Waals surface area contributed by atoms with Crippen molar-refractivity contribution < 1.29 is 0 Å². The van der Waals surface area contributed by atoms with Gasteiger partial charge in [0.15, 0.2) is 0 Å². The van der Waals surface area contributed by atoms with Gasteiger partial charge in [-0.1, -0.05) is 0 Å². The van der Waals surface area contributed by atoms with Crippen molar-refractivity contribution in [2.24, 2.45) is 16.9 Å². The fourth-order valence-electron chi connectivity index (χ4n) is 0. The predicted molar refractivity (Wildman–Crippen MR) is 32.9 cm³/mol. The molecule has 0 rings (SSSR count). The molecule has 7 heavy (non-hydrogen) atoms. The zero-order valence-electron chi connectivity index (χ0n) is 3.87. The van der Waals surface area contributed by atoms with Gasteiger partial charge in [0.1, 0.15) is 0 Å². The van der Waals surface area contributed by atoms with Crippen molar-refractivity contribution in [3.05, 3.63) is 4.91 Å². The Bertz CT molecular complexity index is 32.1. The molecule has 0 aromatic carbocycles. The van der Waals surface area contributed by atoms with Gasteiger partial charge in [-0.15, -0.1) is 4.91 Å². The van der Waals surface area contributed by atoms with E-state index in [9.17, 15) is 0 Å². The molecule has 4 nitrogen and oxygen atoms in total. The van der Waals surface area contributed by atoms with Gasteiger partial charge in [-0.05, 0) is 0 Å². The molecule has 0 bridgehead atoms.